The Balaban J connectivity index is 1.77. The van der Waals surface area contributed by atoms with E-state index in [4.69, 9.17) is 0 Å². The number of carbonyl (C=O) groups is 2. The Hall–Kier alpha value is -1.75. The van der Waals surface area contributed by atoms with E-state index in [-0.39, 0.29) is 17.6 Å². The summed E-state index contributed by atoms with van der Waals surface area (Å²) in [6.07, 6.45) is 1.16. The normalized spacial score (nSPS) is 21.4. The molecule has 4 nitrogen and oxygen atoms in total. The molecule has 0 spiro atoms. The fourth-order valence-corrected chi connectivity index (χ4v) is 3.66. The molecule has 1 N–H and O–H groups in total. The first kappa shape index (κ1) is 12.3. The Morgan fingerprint density at radius 3 is 2.68 bits per heavy atom. The second-order valence-electron chi connectivity index (χ2n) is 4.68. The third-order valence-electron chi connectivity index (χ3n) is 3.43. The second-order valence-corrected chi connectivity index (χ2v) is 5.75. The van der Waals surface area contributed by atoms with Gasteiger partial charge < -0.3 is 10.0 Å². The number of carboxylic acid groups (broad SMARTS) is 1. The van der Waals surface area contributed by atoms with E-state index in [1.807, 2.05) is 30.3 Å². The molecule has 1 saturated heterocycles. The SMILES string of the molecule is O=C(O)C1=C(SCc2ccccc2)CC2CC(=O)N12. The number of aliphatic carboxylic acids is 1. The lowest BCUT2D eigenvalue weighted by molar-refractivity contribution is -0.147. The van der Waals surface area contributed by atoms with Crippen molar-refractivity contribution in [2.45, 2.75) is 24.6 Å². The summed E-state index contributed by atoms with van der Waals surface area (Å²) >= 11 is 1.53. The lowest BCUT2D eigenvalue weighted by atomic mass is 10.0. The van der Waals surface area contributed by atoms with Gasteiger partial charge in [-0.05, 0) is 5.56 Å². The van der Waals surface area contributed by atoms with Gasteiger partial charge in [0, 0.05) is 23.5 Å². The van der Waals surface area contributed by atoms with Gasteiger partial charge in [0.15, 0.2) is 0 Å². The summed E-state index contributed by atoms with van der Waals surface area (Å²) in [5, 5.41) is 9.26. The molecule has 0 radical (unpaired) electrons. The van der Waals surface area contributed by atoms with Crippen LogP contribution in [0.3, 0.4) is 0 Å². The lowest BCUT2D eigenvalue weighted by Crippen LogP contribution is -2.49. The molecule has 98 valence electrons. The van der Waals surface area contributed by atoms with Gasteiger partial charge in [-0.25, -0.2) is 4.79 Å². The molecule has 19 heavy (non-hydrogen) atoms. The fourth-order valence-electron chi connectivity index (χ4n) is 2.49. The predicted molar refractivity (Wildman–Crippen MR) is 72.3 cm³/mol. The Morgan fingerprint density at radius 2 is 2.05 bits per heavy atom. The molecule has 0 aliphatic carbocycles. The van der Waals surface area contributed by atoms with Crippen LogP contribution in [-0.4, -0.2) is 27.9 Å². The number of fused-ring (bicyclic) bond motifs is 1. The number of carbonyl (C=O) groups excluding carboxylic acids is 1. The molecule has 1 unspecified atom stereocenters. The highest BCUT2D eigenvalue weighted by Gasteiger charge is 2.47. The summed E-state index contributed by atoms with van der Waals surface area (Å²) in [6.45, 7) is 0. The van der Waals surface area contributed by atoms with E-state index in [9.17, 15) is 14.7 Å². The van der Waals surface area contributed by atoms with E-state index in [1.165, 1.54) is 16.7 Å². The number of hydrogen-bond donors (Lipinski definition) is 1. The van der Waals surface area contributed by atoms with Crippen LogP contribution >= 0.6 is 11.8 Å². The van der Waals surface area contributed by atoms with Crippen LogP contribution in [0.5, 0.6) is 0 Å². The van der Waals surface area contributed by atoms with Gasteiger partial charge >= 0.3 is 5.97 Å². The van der Waals surface area contributed by atoms with Gasteiger partial charge in [0.2, 0.25) is 5.91 Å². The minimum atomic E-state index is -0.994. The van der Waals surface area contributed by atoms with Crippen LogP contribution in [0.15, 0.2) is 40.9 Å². The van der Waals surface area contributed by atoms with E-state index in [0.717, 1.165) is 16.2 Å². The summed E-state index contributed by atoms with van der Waals surface area (Å²) in [7, 11) is 0. The maximum Gasteiger partial charge on any atom is 0.353 e. The van der Waals surface area contributed by atoms with Crippen LogP contribution in [0.4, 0.5) is 0 Å². The molecule has 2 aliphatic rings. The Labute approximate surface area is 115 Å². The Bertz CT molecular complexity index is 567. The predicted octanol–water partition coefficient (Wildman–Crippen LogP) is 2.22. The molecule has 1 aromatic carbocycles. The van der Waals surface area contributed by atoms with Crippen molar-refractivity contribution in [2.75, 3.05) is 0 Å². The number of carboxylic acids is 1. The van der Waals surface area contributed by atoms with Crippen LogP contribution in [-0.2, 0) is 15.3 Å². The Kier molecular flexibility index (Phi) is 3.06. The third-order valence-corrected chi connectivity index (χ3v) is 4.61. The number of β-lactam (4-membered cyclic amide) rings is 1. The summed E-state index contributed by atoms with van der Waals surface area (Å²) in [6, 6.07) is 10.0. The minimum absolute atomic E-state index is 0.0716. The highest BCUT2D eigenvalue weighted by Crippen LogP contribution is 2.43. The van der Waals surface area contributed by atoms with E-state index >= 15 is 0 Å². The zero-order valence-electron chi connectivity index (χ0n) is 10.2. The molecule has 2 aliphatic heterocycles. The van der Waals surface area contributed by atoms with Crippen LogP contribution in [0, 0.1) is 0 Å². The van der Waals surface area contributed by atoms with Gasteiger partial charge in [-0.2, -0.15) is 0 Å². The van der Waals surface area contributed by atoms with Crippen LogP contribution < -0.4 is 0 Å². The van der Waals surface area contributed by atoms with Crippen molar-refractivity contribution in [3.63, 3.8) is 0 Å². The topological polar surface area (TPSA) is 57.6 Å². The molecule has 1 fully saturated rings. The maximum absolute atomic E-state index is 11.5. The minimum Gasteiger partial charge on any atom is -0.477 e. The van der Waals surface area contributed by atoms with Crippen molar-refractivity contribution in [3.8, 4) is 0 Å². The number of nitrogens with zero attached hydrogens (tertiary/aromatic N) is 1. The Morgan fingerprint density at radius 1 is 1.32 bits per heavy atom. The molecule has 0 saturated carbocycles. The van der Waals surface area contributed by atoms with E-state index in [2.05, 4.69) is 0 Å². The molecule has 0 bridgehead atoms. The van der Waals surface area contributed by atoms with Crippen molar-refractivity contribution in [3.05, 3.63) is 46.5 Å². The molecule has 1 atom stereocenters. The molecule has 0 aromatic heterocycles. The first-order valence-electron chi connectivity index (χ1n) is 6.12. The summed E-state index contributed by atoms with van der Waals surface area (Å²) in [5.74, 6) is -0.328. The highest BCUT2D eigenvalue weighted by molar-refractivity contribution is 8.02. The molecule has 1 aromatic rings. The smallest absolute Gasteiger partial charge is 0.353 e. The highest BCUT2D eigenvalue weighted by atomic mass is 32.2. The molecular formula is C14H13NO3S. The number of rotatable bonds is 4. The molecule has 2 heterocycles. The molecule has 1 amide bonds. The lowest BCUT2D eigenvalue weighted by Gasteiger charge is -2.34. The monoisotopic (exact) mass is 275 g/mol. The van der Waals surface area contributed by atoms with Gasteiger partial charge in [0.05, 0.1) is 6.04 Å². The van der Waals surface area contributed by atoms with Crippen LogP contribution in [0.2, 0.25) is 0 Å². The van der Waals surface area contributed by atoms with Crippen molar-refractivity contribution >= 4 is 23.6 Å². The molecule has 5 heteroatoms. The fraction of sp³-hybridized carbons (Fsp3) is 0.286. The molecular weight excluding hydrogens is 262 g/mol. The number of amides is 1. The molecule has 3 rings (SSSR count). The number of thioether (sulfide) groups is 1. The van der Waals surface area contributed by atoms with Gasteiger partial charge in [-0.1, -0.05) is 30.3 Å². The zero-order valence-corrected chi connectivity index (χ0v) is 11.0. The van der Waals surface area contributed by atoms with Crippen LogP contribution in [0.25, 0.3) is 0 Å². The van der Waals surface area contributed by atoms with E-state index in [0.29, 0.717) is 12.8 Å². The maximum atomic E-state index is 11.5. The van der Waals surface area contributed by atoms with Gasteiger partial charge in [-0.3, -0.25) is 4.79 Å². The van der Waals surface area contributed by atoms with Crippen molar-refractivity contribution < 1.29 is 14.7 Å². The van der Waals surface area contributed by atoms with Crippen LogP contribution in [0.1, 0.15) is 18.4 Å². The van der Waals surface area contributed by atoms with E-state index in [1.54, 1.807) is 0 Å². The van der Waals surface area contributed by atoms with Gasteiger partial charge in [0.1, 0.15) is 5.70 Å². The van der Waals surface area contributed by atoms with Crippen molar-refractivity contribution in [1.29, 1.82) is 0 Å². The number of hydrogen-bond acceptors (Lipinski definition) is 3. The largest absolute Gasteiger partial charge is 0.477 e. The quantitative estimate of drug-likeness (QED) is 0.856. The van der Waals surface area contributed by atoms with Gasteiger partial charge in [0.25, 0.3) is 0 Å². The average Bonchev–Trinajstić information content (AvgIpc) is 2.70. The summed E-state index contributed by atoms with van der Waals surface area (Å²) < 4.78 is 0. The standard InChI is InChI=1S/C14H13NO3S/c16-12-7-10-6-11(13(14(17)18)15(10)12)19-8-9-4-2-1-3-5-9/h1-5,10H,6-8H2,(H,17,18). The third kappa shape index (κ3) is 2.14. The summed E-state index contributed by atoms with van der Waals surface area (Å²) in [5.41, 5.74) is 1.35. The average molecular weight is 275 g/mol. The summed E-state index contributed by atoms with van der Waals surface area (Å²) in [4.78, 5) is 25.0. The van der Waals surface area contributed by atoms with Crippen molar-refractivity contribution in [2.24, 2.45) is 0 Å². The van der Waals surface area contributed by atoms with Gasteiger partial charge in [-0.15, -0.1) is 11.8 Å². The van der Waals surface area contributed by atoms with Crippen molar-refractivity contribution in [1.82, 2.24) is 4.90 Å². The van der Waals surface area contributed by atoms with E-state index < -0.39 is 5.97 Å². The zero-order chi connectivity index (χ0) is 13.4. The first-order chi connectivity index (χ1) is 9.16. The second kappa shape index (κ2) is 4.74. The first-order valence-corrected chi connectivity index (χ1v) is 7.10. The number of benzene rings is 1.